The van der Waals surface area contributed by atoms with E-state index in [1.165, 1.54) is 24.9 Å². The maximum atomic E-state index is 12.5. The second kappa shape index (κ2) is 10.6. The molecule has 0 saturated heterocycles. The van der Waals surface area contributed by atoms with Gasteiger partial charge in [-0.2, -0.15) is 8.78 Å². The summed E-state index contributed by atoms with van der Waals surface area (Å²) in [4.78, 5) is 17.6. The molecular formula is C22H20F2N2O3S. The molecule has 5 nitrogen and oxygen atoms in total. The van der Waals surface area contributed by atoms with E-state index in [-0.39, 0.29) is 17.4 Å². The Bertz CT molecular complexity index is 970. The smallest absolute Gasteiger partial charge is 0.387 e. The third-order valence-corrected chi connectivity index (χ3v) is 5.08. The van der Waals surface area contributed by atoms with Crippen molar-refractivity contribution in [2.75, 3.05) is 13.7 Å². The van der Waals surface area contributed by atoms with Gasteiger partial charge in [-0.3, -0.25) is 4.79 Å². The number of rotatable bonds is 9. The third-order valence-electron chi connectivity index (χ3n) is 4.12. The number of carbonyl (C=O) groups excluding carboxylic acids is 1. The maximum absolute atomic E-state index is 12.5. The topological polar surface area (TPSA) is 60.5 Å². The number of ether oxygens (including phenoxy) is 2. The van der Waals surface area contributed by atoms with Gasteiger partial charge in [-0.25, -0.2) is 4.98 Å². The first-order valence-corrected chi connectivity index (χ1v) is 9.95. The van der Waals surface area contributed by atoms with Crippen LogP contribution in [0.2, 0.25) is 0 Å². The Kier molecular flexibility index (Phi) is 7.62. The van der Waals surface area contributed by atoms with Gasteiger partial charge in [-0.1, -0.05) is 23.9 Å². The number of hydrogen-bond donors (Lipinski definition) is 1. The molecule has 156 valence electrons. The lowest BCUT2D eigenvalue weighted by molar-refractivity contribution is -0.0512. The zero-order chi connectivity index (χ0) is 21.3. The molecule has 0 aliphatic carbocycles. The monoisotopic (exact) mass is 430 g/mol. The van der Waals surface area contributed by atoms with E-state index in [0.717, 1.165) is 15.5 Å². The van der Waals surface area contributed by atoms with Gasteiger partial charge in [0.25, 0.3) is 5.91 Å². The van der Waals surface area contributed by atoms with E-state index in [0.29, 0.717) is 18.5 Å². The lowest BCUT2D eigenvalue weighted by Crippen LogP contribution is -2.25. The third kappa shape index (κ3) is 6.18. The predicted molar refractivity (Wildman–Crippen MR) is 110 cm³/mol. The number of pyridine rings is 1. The van der Waals surface area contributed by atoms with Gasteiger partial charge in [-0.15, -0.1) is 0 Å². The van der Waals surface area contributed by atoms with Gasteiger partial charge >= 0.3 is 6.61 Å². The number of nitrogens with one attached hydrogen (secondary N) is 1. The average molecular weight is 430 g/mol. The van der Waals surface area contributed by atoms with Crippen molar-refractivity contribution >= 4 is 17.7 Å². The normalized spacial score (nSPS) is 10.7. The van der Waals surface area contributed by atoms with Crippen LogP contribution in [-0.2, 0) is 6.42 Å². The number of nitrogens with zero attached hydrogens (tertiary/aromatic N) is 1. The van der Waals surface area contributed by atoms with E-state index in [4.69, 9.17) is 4.74 Å². The summed E-state index contributed by atoms with van der Waals surface area (Å²) in [6, 6.07) is 17.7. The van der Waals surface area contributed by atoms with Crippen LogP contribution in [0, 0.1) is 0 Å². The molecule has 0 atom stereocenters. The van der Waals surface area contributed by atoms with Crippen molar-refractivity contribution < 1.29 is 23.0 Å². The van der Waals surface area contributed by atoms with Crippen molar-refractivity contribution in [2.24, 2.45) is 0 Å². The molecule has 0 spiro atoms. The Morgan fingerprint density at radius 1 is 1.10 bits per heavy atom. The van der Waals surface area contributed by atoms with Crippen molar-refractivity contribution in [3.05, 3.63) is 78.0 Å². The van der Waals surface area contributed by atoms with Gasteiger partial charge < -0.3 is 14.8 Å². The molecule has 1 heterocycles. The number of aromatic nitrogens is 1. The van der Waals surface area contributed by atoms with Gasteiger partial charge in [0.15, 0.2) is 11.5 Å². The highest BCUT2D eigenvalue weighted by molar-refractivity contribution is 7.99. The Balaban J connectivity index is 1.53. The van der Waals surface area contributed by atoms with Gasteiger partial charge in [0, 0.05) is 23.2 Å². The molecule has 1 N–H and O–H groups in total. The first-order valence-electron chi connectivity index (χ1n) is 9.14. The quantitative estimate of drug-likeness (QED) is 0.528. The molecule has 8 heteroatoms. The summed E-state index contributed by atoms with van der Waals surface area (Å²) in [5.41, 5.74) is 1.28. The standard InChI is InChI=1S/C22H20F2N2O3S/c1-28-18-10-5-15(14-19(18)29-22(23)24)11-13-26-21(27)16-6-8-17(9-7-16)30-20-4-2-3-12-25-20/h2-10,12,14,22H,11,13H2,1H3,(H,26,27). The Morgan fingerprint density at radius 3 is 2.57 bits per heavy atom. The van der Waals surface area contributed by atoms with Crippen LogP contribution in [0.25, 0.3) is 0 Å². The fraction of sp³-hybridized carbons (Fsp3) is 0.182. The number of halogens is 2. The molecule has 1 aromatic heterocycles. The SMILES string of the molecule is COc1ccc(CCNC(=O)c2ccc(Sc3ccccn3)cc2)cc1OC(F)F. The molecule has 0 bridgehead atoms. The molecule has 1 amide bonds. The van der Waals surface area contributed by atoms with E-state index in [1.807, 2.05) is 30.3 Å². The van der Waals surface area contributed by atoms with Gasteiger partial charge in [0.05, 0.1) is 7.11 Å². The van der Waals surface area contributed by atoms with Crippen LogP contribution < -0.4 is 14.8 Å². The average Bonchev–Trinajstić information content (AvgIpc) is 2.75. The maximum Gasteiger partial charge on any atom is 0.387 e. The molecule has 3 rings (SSSR count). The molecule has 0 unspecified atom stereocenters. The van der Waals surface area contributed by atoms with Crippen molar-refractivity contribution in [1.82, 2.24) is 10.3 Å². The van der Waals surface area contributed by atoms with E-state index in [9.17, 15) is 13.6 Å². The Hall–Kier alpha value is -3.13. The lowest BCUT2D eigenvalue weighted by Gasteiger charge is -2.12. The van der Waals surface area contributed by atoms with Crippen LogP contribution in [-0.4, -0.2) is 31.2 Å². The number of carbonyl (C=O) groups is 1. The number of amides is 1. The highest BCUT2D eigenvalue weighted by Gasteiger charge is 2.12. The van der Waals surface area contributed by atoms with E-state index < -0.39 is 6.61 Å². The zero-order valence-electron chi connectivity index (χ0n) is 16.2. The highest BCUT2D eigenvalue weighted by Crippen LogP contribution is 2.29. The van der Waals surface area contributed by atoms with Crippen LogP contribution in [0.5, 0.6) is 11.5 Å². The summed E-state index contributed by atoms with van der Waals surface area (Å²) in [7, 11) is 1.38. The van der Waals surface area contributed by atoms with Crippen molar-refractivity contribution in [2.45, 2.75) is 23.0 Å². The minimum atomic E-state index is -2.94. The first kappa shape index (κ1) is 21.6. The fourth-order valence-electron chi connectivity index (χ4n) is 2.69. The van der Waals surface area contributed by atoms with Crippen molar-refractivity contribution in [1.29, 1.82) is 0 Å². The lowest BCUT2D eigenvalue weighted by atomic mass is 10.1. The van der Waals surface area contributed by atoms with Gasteiger partial charge in [0.1, 0.15) is 5.03 Å². The van der Waals surface area contributed by atoms with Crippen LogP contribution in [0.3, 0.4) is 0 Å². The molecule has 2 aromatic carbocycles. The minimum Gasteiger partial charge on any atom is -0.493 e. The van der Waals surface area contributed by atoms with Crippen LogP contribution in [0.1, 0.15) is 15.9 Å². The Labute approximate surface area is 177 Å². The molecule has 3 aromatic rings. The summed E-state index contributed by atoms with van der Waals surface area (Å²) in [6.45, 7) is -2.59. The predicted octanol–water partition coefficient (Wildman–Crippen LogP) is 4.82. The summed E-state index contributed by atoms with van der Waals surface area (Å²) < 4.78 is 34.5. The Morgan fingerprint density at radius 2 is 1.90 bits per heavy atom. The number of hydrogen-bond acceptors (Lipinski definition) is 5. The highest BCUT2D eigenvalue weighted by atomic mass is 32.2. The second-order valence-corrected chi connectivity index (χ2v) is 7.26. The van der Waals surface area contributed by atoms with Gasteiger partial charge in [-0.05, 0) is 60.5 Å². The van der Waals surface area contributed by atoms with Crippen molar-refractivity contribution in [3.8, 4) is 11.5 Å². The molecule has 0 radical (unpaired) electrons. The van der Waals surface area contributed by atoms with Crippen LogP contribution in [0.4, 0.5) is 8.78 Å². The first-order chi connectivity index (χ1) is 14.5. The number of benzene rings is 2. The number of methoxy groups -OCH3 is 1. The molecule has 0 fully saturated rings. The van der Waals surface area contributed by atoms with E-state index >= 15 is 0 Å². The molecule has 0 aliphatic heterocycles. The summed E-state index contributed by atoms with van der Waals surface area (Å²) in [5, 5.41) is 3.71. The summed E-state index contributed by atoms with van der Waals surface area (Å²) >= 11 is 1.51. The van der Waals surface area contributed by atoms with E-state index in [2.05, 4.69) is 15.0 Å². The molecule has 30 heavy (non-hydrogen) atoms. The van der Waals surface area contributed by atoms with Crippen molar-refractivity contribution in [3.63, 3.8) is 0 Å². The molecular weight excluding hydrogens is 410 g/mol. The van der Waals surface area contributed by atoms with Crippen LogP contribution in [0.15, 0.2) is 76.8 Å². The van der Waals surface area contributed by atoms with E-state index in [1.54, 1.807) is 30.5 Å². The fourth-order valence-corrected chi connectivity index (χ4v) is 3.46. The van der Waals surface area contributed by atoms with Gasteiger partial charge in [0.2, 0.25) is 0 Å². The molecule has 0 aliphatic rings. The summed E-state index contributed by atoms with van der Waals surface area (Å²) in [6.07, 6.45) is 2.19. The summed E-state index contributed by atoms with van der Waals surface area (Å²) in [5.74, 6) is -0.00831. The largest absolute Gasteiger partial charge is 0.493 e. The zero-order valence-corrected chi connectivity index (χ0v) is 17.0. The van der Waals surface area contributed by atoms with Crippen LogP contribution >= 0.6 is 11.8 Å². The molecule has 0 saturated carbocycles. The number of alkyl halides is 2. The second-order valence-electron chi connectivity index (χ2n) is 6.16. The minimum absolute atomic E-state index is 0.0303.